The molecule has 2 aromatic carbocycles. The molecule has 2 aromatic rings. The normalized spacial score (nSPS) is 19.6. The number of nitrogens with one attached hydrogen (secondary N) is 2. The van der Waals surface area contributed by atoms with Gasteiger partial charge in [-0.2, -0.15) is 0 Å². The van der Waals surface area contributed by atoms with Gasteiger partial charge in [0.15, 0.2) is 0 Å². The first kappa shape index (κ1) is 16.7. The molecule has 4 amide bonds. The van der Waals surface area contributed by atoms with Gasteiger partial charge in [0.25, 0.3) is 5.91 Å². The van der Waals surface area contributed by atoms with Crippen molar-refractivity contribution in [2.75, 3.05) is 6.54 Å². The maximum Gasteiger partial charge on any atom is 0.325 e. The molecule has 1 saturated heterocycles. The molecule has 0 spiro atoms. The second-order valence-electron chi connectivity index (χ2n) is 6.07. The lowest BCUT2D eigenvalue weighted by atomic mass is 9.92. The van der Waals surface area contributed by atoms with E-state index in [2.05, 4.69) is 10.6 Å². The van der Waals surface area contributed by atoms with Gasteiger partial charge in [-0.15, -0.1) is 0 Å². The molecular weight excluding hydrogens is 318 g/mol. The van der Waals surface area contributed by atoms with Crippen LogP contribution >= 0.6 is 0 Å². The fourth-order valence-electron chi connectivity index (χ4n) is 2.80. The number of nitrogens with zero attached hydrogens (tertiary/aromatic N) is 1. The topological polar surface area (TPSA) is 78.5 Å². The van der Waals surface area contributed by atoms with E-state index in [1.807, 2.05) is 36.4 Å². The van der Waals surface area contributed by atoms with Crippen LogP contribution in [0, 0.1) is 0 Å². The van der Waals surface area contributed by atoms with Crippen molar-refractivity contribution in [2.45, 2.75) is 19.0 Å². The first-order chi connectivity index (χ1) is 12.0. The summed E-state index contributed by atoms with van der Waals surface area (Å²) in [7, 11) is 0. The van der Waals surface area contributed by atoms with Crippen molar-refractivity contribution in [3.63, 3.8) is 0 Å². The number of carbonyl (C=O) groups is 3. The molecule has 0 bridgehead atoms. The van der Waals surface area contributed by atoms with Crippen molar-refractivity contribution in [1.82, 2.24) is 15.5 Å². The predicted octanol–water partition coefficient (Wildman–Crippen LogP) is 1.77. The molecule has 6 heteroatoms. The van der Waals surface area contributed by atoms with Crippen LogP contribution < -0.4 is 10.6 Å². The van der Waals surface area contributed by atoms with Crippen molar-refractivity contribution >= 4 is 17.8 Å². The monoisotopic (exact) mass is 337 g/mol. The van der Waals surface area contributed by atoms with E-state index in [0.29, 0.717) is 12.1 Å². The molecule has 6 nitrogen and oxygen atoms in total. The summed E-state index contributed by atoms with van der Waals surface area (Å²) in [5.74, 6) is -0.816. The van der Waals surface area contributed by atoms with Crippen LogP contribution in [-0.2, 0) is 21.7 Å². The Morgan fingerprint density at radius 3 is 2.28 bits per heavy atom. The van der Waals surface area contributed by atoms with Crippen LogP contribution in [0.1, 0.15) is 18.1 Å². The maximum absolute atomic E-state index is 12.7. The number of hydrogen-bond donors (Lipinski definition) is 2. The van der Waals surface area contributed by atoms with E-state index >= 15 is 0 Å². The molecule has 0 aromatic heterocycles. The Balaban J connectivity index is 1.66. The number of rotatable bonds is 5. The molecule has 2 N–H and O–H groups in total. The smallest absolute Gasteiger partial charge is 0.325 e. The maximum atomic E-state index is 12.7. The average Bonchev–Trinajstić information content (AvgIpc) is 2.86. The van der Waals surface area contributed by atoms with Gasteiger partial charge in [0.2, 0.25) is 5.91 Å². The van der Waals surface area contributed by atoms with Crippen molar-refractivity contribution in [3.05, 3.63) is 71.8 Å². The summed E-state index contributed by atoms with van der Waals surface area (Å²) in [4.78, 5) is 38.0. The number of urea groups is 1. The minimum atomic E-state index is -1.15. The van der Waals surface area contributed by atoms with Crippen LogP contribution in [-0.4, -0.2) is 29.3 Å². The number of imide groups is 1. The quantitative estimate of drug-likeness (QED) is 0.816. The van der Waals surface area contributed by atoms with E-state index in [0.717, 1.165) is 10.5 Å². The van der Waals surface area contributed by atoms with Gasteiger partial charge in [0.05, 0.1) is 0 Å². The second-order valence-corrected chi connectivity index (χ2v) is 6.07. The summed E-state index contributed by atoms with van der Waals surface area (Å²) in [6, 6.07) is 17.9. The van der Waals surface area contributed by atoms with Crippen molar-refractivity contribution in [2.24, 2.45) is 0 Å². The highest BCUT2D eigenvalue weighted by atomic mass is 16.2. The van der Waals surface area contributed by atoms with Crippen molar-refractivity contribution < 1.29 is 14.4 Å². The number of hydrogen-bond acceptors (Lipinski definition) is 3. The molecule has 0 radical (unpaired) electrons. The van der Waals surface area contributed by atoms with Gasteiger partial charge < -0.3 is 10.6 Å². The van der Waals surface area contributed by atoms with Crippen LogP contribution in [0.15, 0.2) is 60.7 Å². The third-order valence-electron chi connectivity index (χ3n) is 4.26. The van der Waals surface area contributed by atoms with E-state index in [1.165, 1.54) is 0 Å². The first-order valence-electron chi connectivity index (χ1n) is 8.01. The standard InChI is InChI=1S/C19H19N3O3/c1-19(15-10-6-3-7-11-15)17(24)22(18(25)21-19)13-16(23)20-12-14-8-4-2-5-9-14/h2-11H,12-13H2,1H3,(H,20,23)(H,21,25)/t19-/m0/s1. The number of benzene rings is 2. The molecule has 1 fully saturated rings. The Morgan fingerprint density at radius 2 is 1.64 bits per heavy atom. The van der Waals surface area contributed by atoms with E-state index in [-0.39, 0.29) is 12.5 Å². The van der Waals surface area contributed by atoms with Gasteiger partial charge >= 0.3 is 6.03 Å². The SMILES string of the molecule is C[C@@]1(c2ccccc2)NC(=O)N(CC(=O)NCc2ccccc2)C1=O. The summed E-state index contributed by atoms with van der Waals surface area (Å²) < 4.78 is 0. The Hall–Kier alpha value is -3.15. The van der Waals surface area contributed by atoms with Gasteiger partial charge in [0, 0.05) is 6.54 Å². The lowest BCUT2D eigenvalue weighted by Gasteiger charge is -2.22. The summed E-state index contributed by atoms with van der Waals surface area (Å²) in [5.41, 5.74) is 0.473. The lowest BCUT2D eigenvalue weighted by molar-refractivity contribution is -0.134. The zero-order chi connectivity index (χ0) is 17.9. The average molecular weight is 337 g/mol. The highest BCUT2D eigenvalue weighted by Crippen LogP contribution is 2.28. The van der Waals surface area contributed by atoms with Crippen molar-refractivity contribution in [3.8, 4) is 0 Å². The van der Waals surface area contributed by atoms with E-state index < -0.39 is 17.5 Å². The van der Waals surface area contributed by atoms with Crippen LogP contribution in [0.2, 0.25) is 0 Å². The molecule has 1 aliphatic rings. The zero-order valence-corrected chi connectivity index (χ0v) is 13.9. The summed E-state index contributed by atoms with van der Waals surface area (Å²) >= 11 is 0. The van der Waals surface area contributed by atoms with Gasteiger partial charge in [0.1, 0.15) is 12.1 Å². The Morgan fingerprint density at radius 1 is 1.04 bits per heavy atom. The summed E-state index contributed by atoms with van der Waals surface area (Å²) in [5, 5.41) is 5.40. The lowest BCUT2D eigenvalue weighted by Crippen LogP contribution is -2.43. The van der Waals surface area contributed by atoms with Gasteiger partial charge in [-0.1, -0.05) is 60.7 Å². The number of amides is 4. The molecule has 128 valence electrons. The molecule has 3 rings (SSSR count). The molecular formula is C19H19N3O3. The second kappa shape index (κ2) is 6.76. The highest BCUT2D eigenvalue weighted by Gasteiger charge is 2.49. The van der Waals surface area contributed by atoms with Gasteiger partial charge in [-0.05, 0) is 18.1 Å². The van der Waals surface area contributed by atoms with E-state index in [9.17, 15) is 14.4 Å². The highest BCUT2D eigenvalue weighted by molar-refractivity contribution is 6.09. The summed E-state index contributed by atoms with van der Waals surface area (Å²) in [6.07, 6.45) is 0. The zero-order valence-electron chi connectivity index (χ0n) is 13.9. The molecule has 1 heterocycles. The molecule has 1 atom stereocenters. The third kappa shape index (κ3) is 3.38. The van der Waals surface area contributed by atoms with Crippen LogP contribution in [0.3, 0.4) is 0 Å². The first-order valence-corrected chi connectivity index (χ1v) is 8.01. The Bertz CT molecular complexity index is 792. The van der Waals surface area contributed by atoms with Gasteiger partial charge in [-0.25, -0.2) is 4.79 Å². The van der Waals surface area contributed by atoms with Crippen LogP contribution in [0.25, 0.3) is 0 Å². The minimum absolute atomic E-state index is 0.306. The fraction of sp³-hybridized carbons (Fsp3) is 0.211. The van der Waals surface area contributed by atoms with Crippen LogP contribution in [0.5, 0.6) is 0 Å². The van der Waals surface area contributed by atoms with E-state index in [1.54, 1.807) is 31.2 Å². The molecule has 0 saturated carbocycles. The molecule has 1 aliphatic heterocycles. The van der Waals surface area contributed by atoms with Crippen molar-refractivity contribution in [1.29, 1.82) is 0 Å². The third-order valence-corrected chi connectivity index (χ3v) is 4.26. The molecule has 0 aliphatic carbocycles. The molecule has 25 heavy (non-hydrogen) atoms. The summed E-state index contributed by atoms with van der Waals surface area (Å²) in [6.45, 7) is 1.68. The van der Waals surface area contributed by atoms with Crippen LogP contribution in [0.4, 0.5) is 4.79 Å². The Labute approximate surface area is 145 Å². The molecule has 0 unspecified atom stereocenters. The fourth-order valence-corrected chi connectivity index (χ4v) is 2.80. The minimum Gasteiger partial charge on any atom is -0.350 e. The largest absolute Gasteiger partial charge is 0.350 e. The van der Waals surface area contributed by atoms with E-state index in [4.69, 9.17) is 0 Å². The number of carbonyl (C=O) groups excluding carboxylic acids is 3. The predicted molar refractivity (Wildman–Crippen MR) is 92.3 cm³/mol. The van der Waals surface area contributed by atoms with Gasteiger partial charge in [-0.3, -0.25) is 14.5 Å². The Kier molecular flexibility index (Phi) is 4.52.